The second-order valence-corrected chi connectivity index (χ2v) is 5.60. The number of anilines is 2. The number of nitrogens with two attached hydrogens (primary N) is 2. The highest BCUT2D eigenvalue weighted by Gasteiger charge is 2.20. The van der Waals surface area contributed by atoms with Crippen molar-refractivity contribution in [3.63, 3.8) is 0 Å². The van der Waals surface area contributed by atoms with Crippen LogP contribution in [0, 0.1) is 17.6 Å². The van der Waals surface area contributed by atoms with Crippen molar-refractivity contribution in [3.8, 4) is 22.4 Å². The smallest absolute Gasteiger partial charge is 0.215 e. The number of nitrogens with zero attached hydrogens (tertiary/aromatic N) is 2. The van der Waals surface area contributed by atoms with Gasteiger partial charge in [0.25, 0.3) is 0 Å². The van der Waals surface area contributed by atoms with E-state index in [1.54, 1.807) is 6.07 Å². The molecular weight excluding hydrogens is 345 g/mol. The maximum atomic E-state index is 13.6. The first-order chi connectivity index (χ1) is 12.5. The fourth-order valence-electron chi connectivity index (χ4n) is 2.79. The number of halogens is 3. The van der Waals surface area contributed by atoms with Gasteiger partial charge in [-0.25, -0.2) is 13.8 Å². The van der Waals surface area contributed by atoms with E-state index in [1.165, 1.54) is 24.5 Å². The largest absolute Gasteiger partial charge is 0.436 e. The molecule has 4 rings (SSSR count). The third kappa shape index (κ3) is 2.43. The summed E-state index contributed by atoms with van der Waals surface area (Å²) in [6, 6.07) is 6.16. The molecular formula is C18H11F3N4O. The Labute approximate surface area is 145 Å². The van der Waals surface area contributed by atoms with E-state index in [1.807, 2.05) is 0 Å². The number of pyridine rings is 2. The molecule has 0 aliphatic rings. The zero-order chi connectivity index (χ0) is 18.4. The van der Waals surface area contributed by atoms with Crippen molar-refractivity contribution in [2.45, 2.75) is 0 Å². The normalized spacial score (nSPS) is 11.2. The number of fused-ring (bicyclic) bond motifs is 1. The van der Waals surface area contributed by atoms with Gasteiger partial charge in [-0.15, -0.1) is 0 Å². The molecule has 0 saturated carbocycles. The Bertz CT molecular complexity index is 1160. The van der Waals surface area contributed by atoms with Crippen LogP contribution in [0.1, 0.15) is 0 Å². The topological polar surface area (TPSA) is 91.0 Å². The molecule has 0 bridgehead atoms. The number of furan rings is 1. The summed E-state index contributed by atoms with van der Waals surface area (Å²) in [6.45, 7) is 0. The van der Waals surface area contributed by atoms with Crippen molar-refractivity contribution in [2.24, 2.45) is 0 Å². The number of rotatable bonds is 2. The molecule has 0 amide bonds. The van der Waals surface area contributed by atoms with E-state index in [0.717, 1.165) is 12.1 Å². The van der Waals surface area contributed by atoms with Crippen molar-refractivity contribution < 1.29 is 17.6 Å². The summed E-state index contributed by atoms with van der Waals surface area (Å²) in [6.07, 6.45) is 2.71. The molecule has 0 aliphatic carbocycles. The van der Waals surface area contributed by atoms with Gasteiger partial charge in [0, 0.05) is 29.6 Å². The molecule has 4 N–H and O–H groups in total. The summed E-state index contributed by atoms with van der Waals surface area (Å²) in [5, 5.41) is 0.385. The van der Waals surface area contributed by atoms with Crippen LogP contribution in [0.25, 0.3) is 33.4 Å². The summed E-state index contributed by atoms with van der Waals surface area (Å²) in [5.74, 6) is -2.71. The number of hydrogen-bond acceptors (Lipinski definition) is 5. The monoisotopic (exact) mass is 356 g/mol. The minimum absolute atomic E-state index is 0.0485. The second-order valence-electron chi connectivity index (χ2n) is 5.60. The molecule has 0 atom stereocenters. The minimum atomic E-state index is -1.01. The fraction of sp³-hybridized carbons (Fsp3) is 0. The Morgan fingerprint density at radius 3 is 2.42 bits per heavy atom. The molecule has 1 aromatic carbocycles. The van der Waals surface area contributed by atoms with Gasteiger partial charge >= 0.3 is 0 Å². The Hall–Kier alpha value is -3.55. The lowest BCUT2D eigenvalue weighted by molar-refractivity contribution is 0.509. The van der Waals surface area contributed by atoms with Crippen molar-refractivity contribution in [1.29, 1.82) is 0 Å². The molecule has 0 unspecified atom stereocenters. The van der Waals surface area contributed by atoms with Gasteiger partial charge in [-0.1, -0.05) is 6.07 Å². The quantitative estimate of drug-likeness (QED) is 0.527. The van der Waals surface area contributed by atoms with E-state index >= 15 is 0 Å². The molecule has 4 aromatic rings. The van der Waals surface area contributed by atoms with Crippen LogP contribution in [0.2, 0.25) is 0 Å². The standard InChI is InChI=1S/C18H11F3N4O/c19-11-2-1-8(5-12(11)20)10-7-25-16(9-3-4-24-13(21)6-9)17-14(10)15(22)18(23)26-17/h1-7H,22-23H2. The Morgan fingerprint density at radius 1 is 0.885 bits per heavy atom. The number of nitrogen functional groups attached to an aromatic ring is 2. The third-order valence-corrected chi connectivity index (χ3v) is 4.01. The van der Waals surface area contributed by atoms with Gasteiger partial charge in [-0.2, -0.15) is 4.39 Å². The summed E-state index contributed by atoms with van der Waals surface area (Å²) in [7, 11) is 0. The van der Waals surface area contributed by atoms with Gasteiger partial charge in [0.05, 0.1) is 5.39 Å². The zero-order valence-corrected chi connectivity index (χ0v) is 13.1. The second kappa shape index (κ2) is 5.76. The predicted molar refractivity (Wildman–Crippen MR) is 91.4 cm³/mol. The van der Waals surface area contributed by atoms with E-state index < -0.39 is 17.6 Å². The first-order valence-electron chi connectivity index (χ1n) is 7.49. The van der Waals surface area contributed by atoms with Crippen LogP contribution in [-0.2, 0) is 0 Å². The van der Waals surface area contributed by atoms with Crippen molar-refractivity contribution in [3.05, 3.63) is 60.3 Å². The summed E-state index contributed by atoms with van der Waals surface area (Å²) < 4.78 is 45.9. The summed E-state index contributed by atoms with van der Waals surface area (Å²) in [5.41, 5.74) is 13.6. The highest BCUT2D eigenvalue weighted by molar-refractivity contribution is 6.09. The van der Waals surface area contributed by atoms with Crippen LogP contribution in [0.15, 0.2) is 47.1 Å². The van der Waals surface area contributed by atoms with Crippen LogP contribution in [0.5, 0.6) is 0 Å². The molecule has 3 aromatic heterocycles. The van der Waals surface area contributed by atoms with Crippen LogP contribution in [0.3, 0.4) is 0 Å². The fourth-order valence-corrected chi connectivity index (χ4v) is 2.79. The maximum Gasteiger partial charge on any atom is 0.215 e. The van der Waals surface area contributed by atoms with Crippen LogP contribution >= 0.6 is 0 Å². The van der Waals surface area contributed by atoms with E-state index in [4.69, 9.17) is 15.9 Å². The zero-order valence-electron chi connectivity index (χ0n) is 13.1. The van der Waals surface area contributed by atoms with Gasteiger partial charge in [-0.05, 0) is 23.8 Å². The lowest BCUT2D eigenvalue weighted by Crippen LogP contribution is -1.94. The Balaban J connectivity index is 2.03. The average molecular weight is 356 g/mol. The van der Waals surface area contributed by atoms with Gasteiger partial charge in [0.2, 0.25) is 11.8 Å². The molecule has 8 heteroatoms. The molecule has 3 heterocycles. The third-order valence-electron chi connectivity index (χ3n) is 4.01. The van der Waals surface area contributed by atoms with Crippen molar-refractivity contribution >= 4 is 22.5 Å². The molecule has 0 radical (unpaired) electrons. The summed E-state index contributed by atoms with van der Waals surface area (Å²) >= 11 is 0. The van der Waals surface area contributed by atoms with Crippen molar-refractivity contribution in [1.82, 2.24) is 9.97 Å². The van der Waals surface area contributed by atoms with Crippen LogP contribution in [0.4, 0.5) is 24.7 Å². The SMILES string of the molecule is Nc1oc2c(-c3ccnc(F)c3)ncc(-c3ccc(F)c(F)c3)c2c1N. The van der Waals surface area contributed by atoms with E-state index in [9.17, 15) is 13.2 Å². The average Bonchev–Trinajstić information content (AvgIpc) is 2.92. The number of benzene rings is 1. The highest BCUT2D eigenvalue weighted by Crippen LogP contribution is 2.41. The first kappa shape index (κ1) is 15.9. The van der Waals surface area contributed by atoms with Crippen LogP contribution in [-0.4, -0.2) is 9.97 Å². The number of hydrogen-bond donors (Lipinski definition) is 2. The molecule has 0 spiro atoms. The molecule has 130 valence electrons. The van der Waals surface area contributed by atoms with Crippen molar-refractivity contribution in [2.75, 3.05) is 11.5 Å². The number of aromatic nitrogens is 2. The predicted octanol–water partition coefficient (Wildman–Crippen LogP) is 4.14. The van der Waals surface area contributed by atoms with Gasteiger partial charge < -0.3 is 15.9 Å². The van der Waals surface area contributed by atoms with Gasteiger partial charge in [-0.3, -0.25) is 4.98 Å². The maximum absolute atomic E-state index is 13.6. The molecule has 0 fully saturated rings. The molecule has 0 saturated heterocycles. The molecule has 5 nitrogen and oxygen atoms in total. The van der Waals surface area contributed by atoms with Crippen LogP contribution < -0.4 is 11.5 Å². The lowest BCUT2D eigenvalue weighted by atomic mass is 10.0. The molecule has 26 heavy (non-hydrogen) atoms. The van der Waals surface area contributed by atoms with Gasteiger partial charge in [0.1, 0.15) is 11.4 Å². The highest BCUT2D eigenvalue weighted by atomic mass is 19.2. The Kier molecular flexibility index (Phi) is 3.54. The summed E-state index contributed by atoms with van der Waals surface area (Å²) in [4.78, 5) is 7.79. The van der Waals surface area contributed by atoms with Gasteiger partial charge in [0.15, 0.2) is 17.2 Å². The minimum Gasteiger partial charge on any atom is -0.436 e. The molecule has 0 aliphatic heterocycles. The Morgan fingerprint density at radius 2 is 1.69 bits per heavy atom. The van der Waals surface area contributed by atoms with E-state index in [2.05, 4.69) is 9.97 Å². The lowest BCUT2D eigenvalue weighted by Gasteiger charge is -2.08. The van der Waals surface area contributed by atoms with E-state index in [-0.39, 0.29) is 17.2 Å². The first-order valence-corrected chi connectivity index (χ1v) is 7.49. The van der Waals surface area contributed by atoms with E-state index in [0.29, 0.717) is 27.8 Å².